The number of ketones is 1. The van der Waals surface area contributed by atoms with Gasteiger partial charge >= 0.3 is 0 Å². The number of amides is 1. The molecule has 42 heavy (non-hydrogen) atoms. The molecule has 0 bridgehead atoms. The van der Waals surface area contributed by atoms with Gasteiger partial charge in [0.1, 0.15) is 9.99 Å². The third-order valence-electron chi connectivity index (χ3n) is 8.97. The lowest BCUT2D eigenvalue weighted by Crippen LogP contribution is -2.42. The fraction of sp³-hybridized carbons (Fsp3) is 0.467. The van der Waals surface area contributed by atoms with Gasteiger partial charge in [0.25, 0.3) is 15.9 Å². The summed E-state index contributed by atoms with van der Waals surface area (Å²) in [4.78, 5) is 28.8. The molecule has 1 aromatic heterocycles. The molecular formula is C30H35N3O6S3. The summed E-state index contributed by atoms with van der Waals surface area (Å²) < 4.78 is 53.1. The van der Waals surface area contributed by atoms with Crippen molar-refractivity contribution in [1.82, 2.24) is 8.61 Å². The van der Waals surface area contributed by atoms with E-state index in [2.05, 4.69) is 0 Å². The van der Waals surface area contributed by atoms with Gasteiger partial charge in [-0.05, 0) is 72.6 Å². The predicted octanol–water partition coefficient (Wildman–Crippen LogP) is 4.14. The second-order valence-corrected chi connectivity index (χ2v) is 16.7. The Morgan fingerprint density at radius 1 is 0.952 bits per heavy atom. The third kappa shape index (κ3) is 5.55. The number of benzene rings is 2. The topological polar surface area (TPSA) is 112 Å². The molecule has 2 saturated heterocycles. The van der Waals surface area contributed by atoms with Gasteiger partial charge in [-0.25, -0.2) is 21.1 Å². The Morgan fingerprint density at radius 2 is 1.74 bits per heavy atom. The van der Waals surface area contributed by atoms with Gasteiger partial charge in [-0.1, -0.05) is 24.3 Å². The maximum Gasteiger partial charge on any atom is 0.258 e. The molecule has 4 heterocycles. The number of sulfonamides is 2. The molecule has 1 unspecified atom stereocenters. The van der Waals surface area contributed by atoms with Crippen LogP contribution < -0.4 is 4.90 Å². The number of carbonyl (C=O) groups excluding carboxylic acids is 2. The number of thiophene rings is 1. The van der Waals surface area contributed by atoms with E-state index in [0.29, 0.717) is 54.7 Å². The highest BCUT2D eigenvalue weighted by Crippen LogP contribution is 2.40. The fourth-order valence-electron chi connectivity index (χ4n) is 6.62. The molecule has 3 aliphatic heterocycles. The second kappa shape index (κ2) is 11.5. The van der Waals surface area contributed by atoms with Crippen LogP contribution in [-0.4, -0.2) is 76.1 Å². The largest absolute Gasteiger partial charge is 0.308 e. The van der Waals surface area contributed by atoms with Gasteiger partial charge in [0.15, 0.2) is 0 Å². The van der Waals surface area contributed by atoms with Crippen LogP contribution in [0.1, 0.15) is 48.0 Å². The fourth-order valence-corrected chi connectivity index (χ4v) is 10.2. The SMILES string of the molecule is CS(=O)(=O)N1CCC(CCN2C(=O)c3cccc4c(CC(=O)C5CCCN(S(=O)(=O)c6cccs6)C5)ccc2c34)CC1. The molecule has 0 aliphatic carbocycles. The molecule has 2 fully saturated rings. The molecule has 3 aromatic rings. The molecule has 224 valence electrons. The van der Waals surface area contributed by atoms with E-state index < -0.39 is 20.0 Å². The lowest BCUT2D eigenvalue weighted by atomic mass is 9.89. The predicted molar refractivity (Wildman–Crippen MR) is 164 cm³/mol. The Hall–Kier alpha value is -2.64. The highest BCUT2D eigenvalue weighted by atomic mass is 32.2. The lowest BCUT2D eigenvalue weighted by molar-refractivity contribution is -0.123. The maximum absolute atomic E-state index is 13.5. The molecule has 12 heteroatoms. The van der Waals surface area contributed by atoms with E-state index >= 15 is 0 Å². The summed E-state index contributed by atoms with van der Waals surface area (Å²) in [6, 6.07) is 12.8. The van der Waals surface area contributed by atoms with Gasteiger partial charge < -0.3 is 4.90 Å². The summed E-state index contributed by atoms with van der Waals surface area (Å²) in [6.45, 7) is 2.20. The van der Waals surface area contributed by atoms with Crippen molar-refractivity contribution >= 4 is 59.5 Å². The van der Waals surface area contributed by atoms with E-state index in [1.54, 1.807) is 17.5 Å². The van der Waals surface area contributed by atoms with Gasteiger partial charge in [-0.15, -0.1) is 11.3 Å². The second-order valence-electron chi connectivity index (χ2n) is 11.6. The maximum atomic E-state index is 13.5. The molecule has 9 nitrogen and oxygen atoms in total. The average Bonchev–Trinajstić information content (AvgIpc) is 3.62. The number of Topliss-reactive ketones (excluding diaryl/α,β-unsaturated/α-hetero) is 1. The Balaban J connectivity index is 1.16. The summed E-state index contributed by atoms with van der Waals surface area (Å²) in [5, 5.41) is 3.49. The molecule has 1 atom stereocenters. The normalized spacial score (nSPS) is 20.9. The Kier molecular flexibility index (Phi) is 8.03. The Morgan fingerprint density at radius 3 is 2.45 bits per heavy atom. The standard InChI is InChI=1S/C30H35N3O6S3/c1-41(36,37)31-15-11-21(12-16-31)13-17-33-26-10-9-22(24-6-2-7-25(29(24)26)30(33)35)19-27(34)23-5-3-14-32(20-23)42(38,39)28-8-4-18-40-28/h2,4,6-10,18,21,23H,3,5,11-17,19-20H2,1H3. The Bertz CT molecular complexity index is 1730. The van der Waals surface area contributed by atoms with E-state index in [4.69, 9.17) is 0 Å². The van der Waals surface area contributed by atoms with Crippen LogP contribution in [0.4, 0.5) is 5.69 Å². The number of hydrogen-bond donors (Lipinski definition) is 0. The summed E-state index contributed by atoms with van der Waals surface area (Å²) in [5.74, 6) is -0.0490. The van der Waals surface area contributed by atoms with Crippen LogP contribution in [-0.2, 0) is 31.3 Å². The van der Waals surface area contributed by atoms with Crippen molar-refractivity contribution in [2.24, 2.45) is 11.8 Å². The van der Waals surface area contributed by atoms with Crippen molar-refractivity contribution in [3.63, 3.8) is 0 Å². The van der Waals surface area contributed by atoms with Crippen molar-refractivity contribution in [2.45, 2.75) is 42.7 Å². The molecule has 1 amide bonds. The zero-order valence-corrected chi connectivity index (χ0v) is 26.0. The third-order valence-corrected chi connectivity index (χ3v) is 13.5. The minimum absolute atomic E-state index is 0.0170. The van der Waals surface area contributed by atoms with E-state index in [1.807, 2.05) is 35.2 Å². The van der Waals surface area contributed by atoms with Crippen molar-refractivity contribution in [1.29, 1.82) is 0 Å². The van der Waals surface area contributed by atoms with E-state index in [0.717, 1.165) is 41.3 Å². The summed E-state index contributed by atoms with van der Waals surface area (Å²) >= 11 is 1.19. The first kappa shape index (κ1) is 29.4. The molecule has 0 radical (unpaired) electrons. The van der Waals surface area contributed by atoms with Gasteiger partial charge in [-0.2, -0.15) is 4.31 Å². The number of rotatable bonds is 9. The van der Waals surface area contributed by atoms with Crippen LogP contribution in [0.25, 0.3) is 10.8 Å². The van der Waals surface area contributed by atoms with E-state index in [-0.39, 0.29) is 30.6 Å². The number of hydrogen-bond acceptors (Lipinski definition) is 7. The minimum Gasteiger partial charge on any atom is -0.308 e. The van der Waals surface area contributed by atoms with Gasteiger partial charge in [0, 0.05) is 56.0 Å². The van der Waals surface area contributed by atoms with Crippen LogP contribution in [0.3, 0.4) is 0 Å². The van der Waals surface area contributed by atoms with Crippen molar-refractivity contribution in [2.75, 3.05) is 43.9 Å². The first-order valence-corrected chi connectivity index (χ1v) is 18.6. The zero-order valence-electron chi connectivity index (χ0n) is 23.6. The highest BCUT2D eigenvalue weighted by molar-refractivity contribution is 7.91. The number of nitrogens with zero attached hydrogens (tertiary/aromatic N) is 3. The van der Waals surface area contributed by atoms with E-state index in [9.17, 15) is 26.4 Å². The van der Waals surface area contributed by atoms with E-state index in [1.165, 1.54) is 26.2 Å². The van der Waals surface area contributed by atoms with Gasteiger partial charge in [-0.3, -0.25) is 9.59 Å². The number of anilines is 1. The zero-order chi connectivity index (χ0) is 29.6. The summed E-state index contributed by atoms with van der Waals surface area (Å²) in [7, 11) is -6.78. The number of carbonyl (C=O) groups is 2. The highest BCUT2D eigenvalue weighted by Gasteiger charge is 2.35. The molecule has 3 aliphatic rings. The molecule has 2 aromatic carbocycles. The van der Waals surface area contributed by atoms with Crippen molar-refractivity contribution in [3.8, 4) is 0 Å². The van der Waals surface area contributed by atoms with Gasteiger partial charge in [0.2, 0.25) is 10.0 Å². The average molecular weight is 630 g/mol. The van der Waals surface area contributed by atoms with Crippen molar-refractivity contribution < 1.29 is 26.4 Å². The molecular weight excluding hydrogens is 595 g/mol. The molecule has 6 rings (SSSR count). The summed E-state index contributed by atoms with van der Waals surface area (Å²) in [6.07, 6.45) is 5.10. The summed E-state index contributed by atoms with van der Waals surface area (Å²) in [5.41, 5.74) is 2.33. The van der Waals surface area contributed by atoms with Crippen LogP contribution in [0.15, 0.2) is 52.1 Å². The van der Waals surface area contributed by atoms with Crippen LogP contribution in [0.5, 0.6) is 0 Å². The molecule has 0 spiro atoms. The molecule has 0 saturated carbocycles. The van der Waals surface area contributed by atoms with Gasteiger partial charge in [0.05, 0.1) is 11.9 Å². The Labute approximate surface area is 251 Å². The number of piperidine rings is 2. The van der Waals surface area contributed by atoms with Crippen molar-refractivity contribution in [3.05, 3.63) is 59.0 Å². The van der Waals surface area contributed by atoms with Crippen LogP contribution in [0, 0.1) is 11.8 Å². The minimum atomic E-state index is -3.60. The van der Waals surface area contributed by atoms with Crippen LogP contribution in [0.2, 0.25) is 0 Å². The lowest BCUT2D eigenvalue weighted by Gasteiger charge is -2.31. The molecule has 0 N–H and O–H groups in total. The van der Waals surface area contributed by atoms with Crippen LogP contribution >= 0.6 is 11.3 Å². The smallest absolute Gasteiger partial charge is 0.258 e. The monoisotopic (exact) mass is 629 g/mol. The quantitative estimate of drug-likeness (QED) is 0.352. The first-order valence-electron chi connectivity index (χ1n) is 14.4. The first-order chi connectivity index (χ1) is 20.0.